The molecule has 1 amide bonds. The van der Waals surface area contributed by atoms with Crippen molar-refractivity contribution >= 4 is 5.91 Å². The predicted molar refractivity (Wildman–Crippen MR) is 60.1 cm³/mol. The lowest BCUT2D eigenvalue weighted by molar-refractivity contribution is 0.0136. The molecule has 5 heteroatoms. The van der Waals surface area contributed by atoms with Gasteiger partial charge in [-0.25, -0.2) is 4.98 Å². The molecule has 92 valence electrons. The molecule has 0 aliphatic carbocycles. The summed E-state index contributed by atoms with van der Waals surface area (Å²) in [5.74, 6) is -0.900. The maximum Gasteiger partial charge on any atom is 0.251 e. The molecule has 1 aromatic heterocycles. The molecular formula is C12H15FN2O2. The van der Waals surface area contributed by atoms with E-state index in [0.29, 0.717) is 12.2 Å². The minimum Gasteiger partial charge on any atom is -0.378 e. The first-order valence-corrected chi connectivity index (χ1v) is 5.69. The number of carbonyl (C=O) groups is 1. The van der Waals surface area contributed by atoms with Crippen molar-refractivity contribution < 1.29 is 13.9 Å². The van der Waals surface area contributed by atoms with E-state index in [9.17, 15) is 9.18 Å². The molecular weight excluding hydrogens is 223 g/mol. The van der Waals surface area contributed by atoms with Crippen LogP contribution in [0.15, 0.2) is 18.3 Å². The number of halogens is 1. The highest BCUT2D eigenvalue weighted by molar-refractivity contribution is 5.94. The van der Waals surface area contributed by atoms with Crippen LogP contribution in [0.2, 0.25) is 0 Å². The lowest BCUT2D eigenvalue weighted by Crippen LogP contribution is -2.41. The Balaban J connectivity index is 1.97. The van der Waals surface area contributed by atoms with E-state index in [0.717, 1.165) is 18.9 Å². The quantitative estimate of drug-likeness (QED) is 0.795. The lowest BCUT2D eigenvalue weighted by Gasteiger charge is -2.27. The van der Waals surface area contributed by atoms with Crippen LogP contribution in [0, 0.1) is 5.95 Å². The van der Waals surface area contributed by atoms with Crippen LogP contribution < -0.4 is 5.32 Å². The molecule has 2 unspecified atom stereocenters. The maximum absolute atomic E-state index is 12.9. The van der Waals surface area contributed by atoms with Gasteiger partial charge in [0.05, 0.1) is 6.10 Å². The zero-order valence-corrected chi connectivity index (χ0v) is 9.65. The van der Waals surface area contributed by atoms with Crippen LogP contribution >= 0.6 is 0 Å². The number of nitrogens with one attached hydrogen (secondary N) is 1. The van der Waals surface area contributed by atoms with Crippen LogP contribution in [0.1, 0.15) is 30.1 Å². The third-order valence-corrected chi connectivity index (χ3v) is 2.81. The average molecular weight is 238 g/mol. The Hall–Kier alpha value is -1.49. The van der Waals surface area contributed by atoms with E-state index in [-0.39, 0.29) is 18.1 Å². The second kappa shape index (κ2) is 5.23. The monoisotopic (exact) mass is 238 g/mol. The van der Waals surface area contributed by atoms with Crippen LogP contribution in [0.25, 0.3) is 0 Å². The standard InChI is InChI=1S/C12H15FN2O2/c1-8-6-10(3-5-17-8)15-12(16)9-2-4-14-11(13)7-9/h2,4,7-8,10H,3,5-6H2,1H3,(H,15,16). The zero-order chi connectivity index (χ0) is 12.3. The predicted octanol–water partition coefficient (Wildman–Crippen LogP) is 1.52. The second-order valence-electron chi connectivity index (χ2n) is 4.24. The number of hydrogen-bond acceptors (Lipinski definition) is 3. The number of aromatic nitrogens is 1. The number of ether oxygens (including phenoxy) is 1. The number of nitrogens with zero attached hydrogens (tertiary/aromatic N) is 1. The Morgan fingerprint density at radius 1 is 1.65 bits per heavy atom. The smallest absolute Gasteiger partial charge is 0.251 e. The van der Waals surface area contributed by atoms with Gasteiger partial charge in [-0.3, -0.25) is 4.79 Å². The van der Waals surface area contributed by atoms with Crippen LogP contribution in [-0.2, 0) is 4.74 Å². The first-order chi connectivity index (χ1) is 8.15. The Morgan fingerprint density at radius 2 is 2.47 bits per heavy atom. The largest absolute Gasteiger partial charge is 0.378 e. The number of hydrogen-bond donors (Lipinski definition) is 1. The molecule has 0 radical (unpaired) electrons. The number of pyridine rings is 1. The minimum atomic E-state index is -0.641. The molecule has 1 fully saturated rings. The molecule has 1 N–H and O–H groups in total. The summed E-state index contributed by atoms with van der Waals surface area (Å²) in [5.41, 5.74) is 0.302. The van der Waals surface area contributed by atoms with Crippen molar-refractivity contribution in [3.05, 3.63) is 29.8 Å². The molecule has 2 rings (SSSR count). The van der Waals surface area contributed by atoms with Gasteiger partial charge in [0.1, 0.15) is 0 Å². The molecule has 17 heavy (non-hydrogen) atoms. The molecule has 1 aromatic rings. The fourth-order valence-corrected chi connectivity index (χ4v) is 1.94. The summed E-state index contributed by atoms with van der Waals surface area (Å²) in [6, 6.07) is 2.74. The van der Waals surface area contributed by atoms with Gasteiger partial charge in [0, 0.05) is 30.5 Å². The average Bonchev–Trinajstić information content (AvgIpc) is 2.29. The molecule has 2 atom stereocenters. The highest BCUT2D eigenvalue weighted by atomic mass is 19.1. The van der Waals surface area contributed by atoms with Gasteiger partial charge in [-0.15, -0.1) is 0 Å². The molecule has 0 aromatic carbocycles. The number of amides is 1. The van der Waals surface area contributed by atoms with Crippen molar-refractivity contribution in [2.75, 3.05) is 6.61 Å². The van der Waals surface area contributed by atoms with Crippen LogP contribution in [0.4, 0.5) is 4.39 Å². The van der Waals surface area contributed by atoms with Gasteiger partial charge < -0.3 is 10.1 Å². The topological polar surface area (TPSA) is 51.2 Å². The molecule has 1 aliphatic heterocycles. The maximum atomic E-state index is 12.9. The van der Waals surface area contributed by atoms with E-state index < -0.39 is 5.95 Å². The van der Waals surface area contributed by atoms with Crippen LogP contribution in [-0.4, -0.2) is 29.6 Å². The Bertz CT molecular complexity index is 411. The van der Waals surface area contributed by atoms with Gasteiger partial charge in [0.2, 0.25) is 5.95 Å². The van der Waals surface area contributed by atoms with Crippen molar-refractivity contribution in [3.63, 3.8) is 0 Å². The first kappa shape index (κ1) is 12.0. The fraction of sp³-hybridized carbons (Fsp3) is 0.500. The van der Waals surface area contributed by atoms with Crippen molar-refractivity contribution in [1.29, 1.82) is 0 Å². The molecule has 1 saturated heterocycles. The van der Waals surface area contributed by atoms with E-state index in [2.05, 4.69) is 10.3 Å². The minimum absolute atomic E-state index is 0.0995. The summed E-state index contributed by atoms with van der Waals surface area (Å²) < 4.78 is 18.3. The summed E-state index contributed by atoms with van der Waals surface area (Å²) in [6.45, 7) is 2.63. The van der Waals surface area contributed by atoms with Gasteiger partial charge in [-0.1, -0.05) is 0 Å². The summed E-state index contributed by atoms with van der Waals surface area (Å²) >= 11 is 0. The third-order valence-electron chi connectivity index (χ3n) is 2.81. The van der Waals surface area contributed by atoms with E-state index in [1.807, 2.05) is 6.92 Å². The molecule has 4 nitrogen and oxygen atoms in total. The van der Waals surface area contributed by atoms with Gasteiger partial charge >= 0.3 is 0 Å². The summed E-state index contributed by atoms with van der Waals surface area (Å²) in [5, 5.41) is 2.88. The summed E-state index contributed by atoms with van der Waals surface area (Å²) in [6.07, 6.45) is 3.03. The highest BCUT2D eigenvalue weighted by Crippen LogP contribution is 2.13. The van der Waals surface area contributed by atoms with E-state index in [1.54, 1.807) is 0 Å². The number of rotatable bonds is 2. The van der Waals surface area contributed by atoms with Gasteiger partial charge in [-0.05, 0) is 25.8 Å². The van der Waals surface area contributed by atoms with Crippen molar-refractivity contribution in [3.8, 4) is 0 Å². The SMILES string of the molecule is CC1CC(NC(=O)c2ccnc(F)c2)CCO1. The second-order valence-corrected chi connectivity index (χ2v) is 4.24. The Morgan fingerprint density at radius 3 is 3.18 bits per heavy atom. The molecule has 0 saturated carbocycles. The molecule has 2 heterocycles. The first-order valence-electron chi connectivity index (χ1n) is 5.69. The van der Waals surface area contributed by atoms with Crippen LogP contribution in [0.5, 0.6) is 0 Å². The van der Waals surface area contributed by atoms with E-state index in [1.165, 1.54) is 12.3 Å². The van der Waals surface area contributed by atoms with E-state index in [4.69, 9.17) is 4.74 Å². The van der Waals surface area contributed by atoms with E-state index >= 15 is 0 Å². The van der Waals surface area contributed by atoms with Crippen molar-refractivity contribution in [2.45, 2.75) is 31.9 Å². The van der Waals surface area contributed by atoms with Crippen LogP contribution in [0.3, 0.4) is 0 Å². The fourth-order valence-electron chi connectivity index (χ4n) is 1.94. The van der Waals surface area contributed by atoms with Crippen molar-refractivity contribution in [2.24, 2.45) is 0 Å². The molecule has 1 aliphatic rings. The third kappa shape index (κ3) is 3.23. The van der Waals surface area contributed by atoms with Crippen molar-refractivity contribution in [1.82, 2.24) is 10.3 Å². The molecule has 0 spiro atoms. The van der Waals surface area contributed by atoms with Gasteiger partial charge in [0.15, 0.2) is 0 Å². The zero-order valence-electron chi connectivity index (χ0n) is 9.65. The molecule has 0 bridgehead atoms. The van der Waals surface area contributed by atoms with Gasteiger partial charge in [0.25, 0.3) is 5.91 Å². The summed E-state index contributed by atoms with van der Waals surface area (Å²) in [4.78, 5) is 15.2. The highest BCUT2D eigenvalue weighted by Gasteiger charge is 2.21. The summed E-state index contributed by atoms with van der Waals surface area (Å²) in [7, 11) is 0. The lowest BCUT2D eigenvalue weighted by atomic mass is 10.0. The Kier molecular flexibility index (Phi) is 3.68. The Labute approximate surface area is 99.2 Å². The van der Waals surface area contributed by atoms with Gasteiger partial charge in [-0.2, -0.15) is 4.39 Å². The number of carbonyl (C=O) groups excluding carboxylic acids is 1. The normalized spacial score (nSPS) is 24.4.